The fraction of sp³-hybridized carbons (Fsp3) is 0.667. The number of amides is 13. The van der Waals surface area contributed by atoms with Gasteiger partial charge in [-0.3, -0.25) is 71.9 Å². The van der Waals surface area contributed by atoms with E-state index in [-0.39, 0.29) is 64.5 Å². The van der Waals surface area contributed by atoms with Gasteiger partial charge in [0, 0.05) is 12.8 Å². The minimum absolute atomic E-state index is 0.0686. The maximum Gasteiger partial charge on any atom is 0.322 e. The first-order valence-electron chi connectivity index (χ1n) is 33.1. The Balaban J connectivity index is 3.57. The quantitative estimate of drug-likeness (QED) is 0.0270. The van der Waals surface area contributed by atoms with Crippen molar-refractivity contribution >= 4 is 100 Å². The minimum atomic E-state index is -1.96. The second-order valence-corrected chi connectivity index (χ2v) is 25.4. The molecule has 0 unspecified atom stereocenters. The number of rotatable bonds is 51. The van der Waals surface area contributed by atoms with Gasteiger partial charge in [0.15, 0.2) is 0 Å². The third-order valence-electron chi connectivity index (χ3n) is 16.1. The summed E-state index contributed by atoms with van der Waals surface area (Å²) in [6.45, 7) is 6.02. The first kappa shape index (κ1) is 89.4. The molecule has 1 rings (SSSR count). The Morgan fingerprint density at radius 2 is 0.810 bits per heavy atom. The largest absolute Gasteiger partial charge is 0.481 e. The Hall–Kier alpha value is -8.62. The van der Waals surface area contributed by atoms with Crippen molar-refractivity contribution in [3.05, 3.63) is 35.9 Å². The van der Waals surface area contributed by atoms with Crippen LogP contribution in [0.15, 0.2) is 30.3 Å². The molecule has 0 radical (unpaired) electrons. The molecule has 36 nitrogen and oxygen atoms in total. The fourth-order valence-electron chi connectivity index (χ4n) is 9.62. The molecule has 0 saturated heterocycles. The normalized spacial score (nSPS) is 15.3. The summed E-state index contributed by atoms with van der Waals surface area (Å²) in [7, 11) is 0. The van der Waals surface area contributed by atoms with Crippen LogP contribution in [0.5, 0.6) is 0 Å². The van der Waals surface area contributed by atoms with Gasteiger partial charge in [-0.2, -0.15) is 11.8 Å². The van der Waals surface area contributed by atoms with Gasteiger partial charge in [-0.1, -0.05) is 84.7 Å². The van der Waals surface area contributed by atoms with Crippen LogP contribution < -0.4 is 86.7 Å². The van der Waals surface area contributed by atoms with Gasteiger partial charge < -0.3 is 112 Å². The molecule has 14 atom stereocenters. The number of unbranched alkanes of at least 4 members (excludes halogenated alkanes) is 2. The maximum absolute atomic E-state index is 14.6. The van der Waals surface area contributed by atoms with Crippen molar-refractivity contribution in [2.45, 2.75) is 198 Å². The Bertz CT molecular complexity index is 2860. The molecule has 0 spiro atoms. The topological polar surface area (TPSA) is 606 Å². The highest BCUT2D eigenvalue weighted by Crippen LogP contribution is 2.16. The van der Waals surface area contributed by atoms with Gasteiger partial charge in [0.2, 0.25) is 76.8 Å². The molecule has 0 aliphatic rings. The molecule has 0 aromatic heterocycles. The van der Waals surface area contributed by atoms with E-state index in [1.165, 1.54) is 25.6 Å². The van der Waals surface area contributed by atoms with E-state index < -0.39 is 225 Å². The van der Waals surface area contributed by atoms with Crippen LogP contribution in [-0.2, 0) is 78.3 Å². The van der Waals surface area contributed by atoms with Crippen molar-refractivity contribution in [1.82, 2.24) is 63.8 Å². The Morgan fingerprint density at radius 3 is 1.20 bits per heavy atom. The van der Waals surface area contributed by atoms with Crippen molar-refractivity contribution in [2.75, 3.05) is 51.5 Å². The first-order valence-corrected chi connectivity index (χ1v) is 34.5. The lowest BCUT2D eigenvalue weighted by Gasteiger charge is -2.31. The van der Waals surface area contributed by atoms with Crippen molar-refractivity contribution in [2.24, 2.45) is 40.7 Å². The summed E-state index contributed by atoms with van der Waals surface area (Å²) < 4.78 is 0. The predicted molar refractivity (Wildman–Crippen MR) is 365 cm³/mol. The number of carbonyl (C=O) groups excluding carboxylic acids is 13. The highest BCUT2D eigenvalue weighted by molar-refractivity contribution is 7.98. The lowest BCUT2D eigenvalue weighted by molar-refractivity contribution is -0.142. The van der Waals surface area contributed by atoms with Crippen molar-refractivity contribution in [3.63, 3.8) is 0 Å². The molecule has 1 aromatic rings. The number of hydrogen-bond acceptors (Lipinski definition) is 22. The number of nitrogens with two attached hydrogens (primary N) is 4. The van der Waals surface area contributed by atoms with E-state index in [1.807, 2.05) is 0 Å². The van der Waals surface area contributed by atoms with Crippen LogP contribution in [0.3, 0.4) is 0 Å². The molecule has 0 heterocycles. The Kier molecular flexibility index (Phi) is 43.1. The molecular formula is C63H106N16O20S. The summed E-state index contributed by atoms with van der Waals surface area (Å²) in [6.07, 6.45) is 1.33. The zero-order chi connectivity index (χ0) is 75.8. The number of aliphatic hydroxyl groups is 3. The summed E-state index contributed by atoms with van der Waals surface area (Å²) in [5, 5.41) is 78.2. The molecule has 564 valence electrons. The van der Waals surface area contributed by atoms with Crippen LogP contribution in [-0.4, -0.2) is 238 Å². The number of benzene rings is 1. The van der Waals surface area contributed by atoms with Gasteiger partial charge >= 0.3 is 11.9 Å². The molecule has 0 aliphatic carbocycles. The molecule has 0 saturated carbocycles. The number of primary amides is 1. The summed E-state index contributed by atoms with van der Waals surface area (Å²) >= 11 is 1.41. The average Bonchev–Trinajstić information content (AvgIpc) is 0.871. The molecular weight excluding hydrogens is 1330 g/mol. The standard InChI is InChI=1S/C63H106N16O20S/c1-8-34(5)50(78-56(92)39(20-14-16-25-65)70-63(99)51(35(6)9-2)79-57(93)42(28-47(84)85)73-59(95)45(32-82)76-60(96)43(30-80)74-52(88)37(66)23-26-100-7)62(98)69-38(19-13-15-24-64)55(91)77-49(33(3)4)61(97)71-40(21-22-46(67)83)54(90)75-44(31-81)58(94)72-41(53(89)68-29-48(86)87)27-36-17-11-10-12-18-36/h10-12,17-18,33-35,37-45,49-51,80-82H,8-9,13-16,19-32,64-66H2,1-7H3,(H2,67,83)(H,68,89)(H,69,98)(H,70,99)(H,71,97)(H,72,94)(H,73,95)(H,74,88)(H,75,90)(H,76,96)(H,77,91)(H,78,92)(H,79,93)(H,84,85)(H,86,87)/t34-,35-,37-,38-,39-,40-,41-,42-,43-,44-,45-,49-,50-,51-/m0/s1. The van der Waals surface area contributed by atoms with Crippen LogP contribution in [0, 0.1) is 17.8 Å². The third kappa shape index (κ3) is 33.0. The van der Waals surface area contributed by atoms with Gasteiger partial charge in [0.1, 0.15) is 73.0 Å². The zero-order valence-corrected chi connectivity index (χ0v) is 58.6. The molecule has 100 heavy (non-hydrogen) atoms. The first-order chi connectivity index (χ1) is 47.3. The monoisotopic (exact) mass is 1440 g/mol. The molecule has 1 aromatic carbocycles. The zero-order valence-electron chi connectivity index (χ0n) is 57.8. The van der Waals surface area contributed by atoms with Crippen molar-refractivity contribution in [1.29, 1.82) is 0 Å². The molecule has 25 N–H and O–H groups in total. The maximum atomic E-state index is 14.6. The van der Waals surface area contributed by atoms with Gasteiger partial charge in [-0.15, -0.1) is 0 Å². The van der Waals surface area contributed by atoms with Gasteiger partial charge in [0.05, 0.1) is 32.3 Å². The van der Waals surface area contributed by atoms with Gasteiger partial charge in [-0.05, 0) is 99.8 Å². The smallest absolute Gasteiger partial charge is 0.322 e. The SMILES string of the molecule is CC[C@H](C)[C@H](NC(=O)[C@H](CCCCN)NC(=O)[C@@H](NC(=O)[C@H](CC(=O)O)NC(=O)[C@H](CO)NC(=O)[C@H](CO)NC(=O)[C@@H](N)CCSC)[C@@H](C)CC)C(=O)N[C@@H](CCCCN)C(=O)N[C@H](C(=O)N[C@@H](CCC(N)=O)C(=O)N[C@@H](CO)C(=O)N[C@@H](Cc1ccccc1)C(=O)NCC(=O)O)C(C)C. The highest BCUT2D eigenvalue weighted by Gasteiger charge is 2.39. The van der Waals surface area contributed by atoms with E-state index in [4.69, 9.17) is 28.0 Å². The van der Waals surface area contributed by atoms with Crippen LogP contribution in [0.25, 0.3) is 0 Å². The molecule has 0 fully saturated rings. The summed E-state index contributed by atoms with van der Waals surface area (Å²) in [6, 6.07) is -10.4. The lowest BCUT2D eigenvalue weighted by atomic mass is 9.95. The van der Waals surface area contributed by atoms with Gasteiger partial charge in [-0.25, -0.2) is 0 Å². The Morgan fingerprint density at radius 1 is 0.440 bits per heavy atom. The average molecular weight is 1440 g/mol. The summed E-state index contributed by atoms with van der Waals surface area (Å²) in [5.41, 5.74) is 23.4. The number of carboxylic acid groups (broad SMARTS) is 2. The number of carbonyl (C=O) groups is 15. The number of carboxylic acids is 2. The Labute approximate surface area is 585 Å². The summed E-state index contributed by atoms with van der Waals surface area (Å²) in [5.74, 6) is -17.8. The lowest BCUT2D eigenvalue weighted by Crippen LogP contribution is -2.62. The molecule has 37 heteroatoms. The van der Waals surface area contributed by atoms with E-state index in [1.54, 1.807) is 64.3 Å². The van der Waals surface area contributed by atoms with E-state index >= 15 is 0 Å². The molecule has 0 aliphatic heterocycles. The highest BCUT2D eigenvalue weighted by atomic mass is 32.2. The van der Waals surface area contributed by atoms with E-state index in [9.17, 15) is 92.3 Å². The fourth-order valence-corrected chi connectivity index (χ4v) is 10.1. The third-order valence-corrected chi connectivity index (χ3v) is 16.7. The predicted octanol–water partition coefficient (Wildman–Crippen LogP) is -6.43. The van der Waals surface area contributed by atoms with E-state index in [0.29, 0.717) is 24.2 Å². The molecule has 13 amide bonds. The minimum Gasteiger partial charge on any atom is -0.481 e. The number of hydrogen-bond donors (Lipinski definition) is 21. The van der Waals surface area contributed by atoms with Crippen LogP contribution in [0.1, 0.15) is 124 Å². The van der Waals surface area contributed by atoms with E-state index in [2.05, 4.69) is 63.8 Å². The van der Waals surface area contributed by atoms with Crippen LogP contribution in [0.2, 0.25) is 0 Å². The number of thioether (sulfide) groups is 1. The number of aliphatic hydroxyl groups excluding tert-OH is 3. The van der Waals surface area contributed by atoms with Crippen molar-refractivity contribution < 1.29 is 97.5 Å². The van der Waals surface area contributed by atoms with Crippen LogP contribution in [0.4, 0.5) is 0 Å². The van der Waals surface area contributed by atoms with Crippen molar-refractivity contribution in [3.8, 4) is 0 Å². The second kappa shape index (κ2) is 48.2. The molecule has 0 bridgehead atoms. The van der Waals surface area contributed by atoms with Crippen LogP contribution >= 0.6 is 11.8 Å². The summed E-state index contributed by atoms with van der Waals surface area (Å²) in [4.78, 5) is 201. The van der Waals surface area contributed by atoms with E-state index in [0.717, 1.165) is 0 Å². The number of aliphatic carboxylic acids is 2. The van der Waals surface area contributed by atoms with Gasteiger partial charge in [0.25, 0.3) is 0 Å². The second-order valence-electron chi connectivity index (χ2n) is 24.4. The number of nitrogens with one attached hydrogen (secondary N) is 12.